The predicted molar refractivity (Wildman–Crippen MR) is 47.9 cm³/mol. The Balaban J connectivity index is 2.92. The fraction of sp³-hybridized carbons (Fsp3) is 0.500. The SMILES string of the molecule is COC1(C=O)C=CC(C)=C(C)C1. The minimum Gasteiger partial charge on any atom is -0.366 e. The third kappa shape index (κ3) is 1.48. The van der Waals surface area contributed by atoms with Gasteiger partial charge in [-0.1, -0.05) is 17.2 Å². The van der Waals surface area contributed by atoms with Crippen LogP contribution in [0.1, 0.15) is 20.3 Å². The van der Waals surface area contributed by atoms with Gasteiger partial charge in [0.2, 0.25) is 0 Å². The average Bonchev–Trinajstić information content (AvgIpc) is 2.10. The molecule has 0 aromatic carbocycles. The molecule has 1 aliphatic rings. The van der Waals surface area contributed by atoms with Crippen LogP contribution in [0.25, 0.3) is 0 Å². The van der Waals surface area contributed by atoms with Crippen molar-refractivity contribution in [1.29, 1.82) is 0 Å². The van der Waals surface area contributed by atoms with Crippen LogP contribution in [-0.4, -0.2) is 19.0 Å². The fourth-order valence-corrected chi connectivity index (χ4v) is 1.29. The molecule has 0 amide bonds. The second kappa shape index (κ2) is 3.23. The number of allylic oxidation sites excluding steroid dienone is 2. The summed E-state index contributed by atoms with van der Waals surface area (Å²) in [4.78, 5) is 10.8. The van der Waals surface area contributed by atoms with Gasteiger partial charge in [-0.2, -0.15) is 0 Å². The van der Waals surface area contributed by atoms with E-state index in [0.29, 0.717) is 6.42 Å². The molecule has 0 fully saturated rings. The largest absolute Gasteiger partial charge is 0.366 e. The molecular formula is C10H14O2. The van der Waals surface area contributed by atoms with Gasteiger partial charge in [0.25, 0.3) is 0 Å². The van der Waals surface area contributed by atoms with Crippen molar-refractivity contribution in [2.45, 2.75) is 25.9 Å². The van der Waals surface area contributed by atoms with E-state index in [1.807, 2.05) is 26.0 Å². The molecule has 0 N–H and O–H groups in total. The maximum atomic E-state index is 10.8. The molecule has 12 heavy (non-hydrogen) atoms. The number of methoxy groups -OCH3 is 1. The van der Waals surface area contributed by atoms with Crippen molar-refractivity contribution in [2.24, 2.45) is 0 Å². The van der Waals surface area contributed by atoms with Crippen LogP contribution < -0.4 is 0 Å². The van der Waals surface area contributed by atoms with Gasteiger partial charge < -0.3 is 4.74 Å². The Morgan fingerprint density at radius 1 is 1.58 bits per heavy atom. The summed E-state index contributed by atoms with van der Waals surface area (Å²) in [6.45, 7) is 4.06. The maximum absolute atomic E-state index is 10.8. The molecule has 0 aliphatic heterocycles. The normalized spacial score (nSPS) is 29.2. The third-order valence-corrected chi connectivity index (χ3v) is 2.41. The van der Waals surface area contributed by atoms with Crippen LogP contribution in [0.2, 0.25) is 0 Å². The first-order valence-corrected chi connectivity index (χ1v) is 4.00. The predicted octanol–water partition coefficient (Wildman–Crippen LogP) is 1.87. The molecule has 0 saturated heterocycles. The van der Waals surface area contributed by atoms with Crippen molar-refractivity contribution in [3.63, 3.8) is 0 Å². The van der Waals surface area contributed by atoms with E-state index in [1.54, 1.807) is 7.11 Å². The number of rotatable bonds is 2. The van der Waals surface area contributed by atoms with Crippen molar-refractivity contribution in [3.05, 3.63) is 23.3 Å². The van der Waals surface area contributed by atoms with E-state index in [4.69, 9.17) is 4.74 Å². The summed E-state index contributed by atoms with van der Waals surface area (Å²) < 4.78 is 5.16. The zero-order chi connectivity index (χ0) is 9.19. The number of ether oxygens (including phenoxy) is 1. The van der Waals surface area contributed by atoms with E-state index in [1.165, 1.54) is 11.1 Å². The molecule has 0 aromatic heterocycles. The van der Waals surface area contributed by atoms with Crippen LogP contribution in [-0.2, 0) is 9.53 Å². The summed E-state index contributed by atoms with van der Waals surface area (Å²) in [6, 6.07) is 0. The van der Waals surface area contributed by atoms with Gasteiger partial charge in [-0.25, -0.2) is 0 Å². The smallest absolute Gasteiger partial charge is 0.156 e. The lowest BCUT2D eigenvalue weighted by atomic mass is 9.88. The van der Waals surface area contributed by atoms with Gasteiger partial charge in [0.05, 0.1) is 0 Å². The molecule has 0 radical (unpaired) electrons. The molecule has 1 unspecified atom stereocenters. The second-order valence-corrected chi connectivity index (χ2v) is 3.25. The van der Waals surface area contributed by atoms with Crippen LogP contribution in [0.15, 0.2) is 23.3 Å². The average molecular weight is 166 g/mol. The zero-order valence-corrected chi connectivity index (χ0v) is 7.76. The quantitative estimate of drug-likeness (QED) is 0.585. The Labute approximate surface area is 72.9 Å². The molecule has 2 heteroatoms. The summed E-state index contributed by atoms with van der Waals surface area (Å²) in [6.07, 6.45) is 5.30. The minimum absolute atomic E-state index is 0.676. The Bertz CT molecular complexity index is 251. The molecule has 2 nitrogen and oxygen atoms in total. The first kappa shape index (κ1) is 9.20. The van der Waals surface area contributed by atoms with Crippen molar-refractivity contribution >= 4 is 6.29 Å². The Morgan fingerprint density at radius 2 is 2.25 bits per heavy atom. The Hall–Kier alpha value is -0.890. The van der Waals surface area contributed by atoms with Gasteiger partial charge in [0.1, 0.15) is 5.60 Å². The van der Waals surface area contributed by atoms with Crippen LogP contribution in [0, 0.1) is 0 Å². The van der Waals surface area contributed by atoms with E-state index >= 15 is 0 Å². The summed E-state index contributed by atoms with van der Waals surface area (Å²) in [5.41, 5.74) is 1.74. The number of hydrogen-bond donors (Lipinski definition) is 0. The molecule has 1 aliphatic carbocycles. The van der Waals surface area contributed by atoms with E-state index in [2.05, 4.69) is 0 Å². The highest BCUT2D eigenvalue weighted by atomic mass is 16.5. The minimum atomic E-state index is -0.705. The molecule has 1 atom stereocenters. The molecule has 1 rings (SSSR count). The van der Waals surface area contributed by atoms with Crippen molar-refractivity contribution in [3.8, 4) is 0 Å². The summed E-state index contributed by atoms with van der Waals surface area (Å²) >= 11 is 0. The lowest BCUT2D eigenvalue weighted by Gasteiger charge is -2.27. The number of aldehydes is 1. The first-order chi connectivity index (χ1) is 5.63. The van der Waals surface area contributed by atoms with Crippen LogP contribution in [0.4, 0.5) is 0 Å². The number of carbonyl (C=O) groups is 1. The summed E-state index contributed by atoms with van der Waals surface area (Å²) in [5.74, 6) is 0. The Morgan fingerprint density at radius 3 is 2.67 bits per heavy atom. The van der Waals surface area contributed by atoms with E-state index in [9.17, 15) is 4.79 Å². The number of carbonyl (C=O) groups excluding carboxylic acids is 1. The molecule has 0 aromatic rings. The van der Waals surface area contributed by atoms with E-state index in [-0.39, 0.29) is 0 Å². The van der Waals surface area contributed by atoms with Crippen molar-refractivity contribution in [2.75, 3.05) is 7.11 Å². The number of hydrogen-bond acceptors (Lipinski definition) is 2. The zero-order valence-electron chi connectivity index (χ0n) is 7.76. The fourth-order valence-electron chi connectivity index (χ4n) is 1.29. The highest BCUT2D eigenvalue weighted by Gasteiger charge is 2.28. The molecule has 0 bridgehead atoms. The van der Waals surface area contributed by atoms with E-state index in [0.717, 1.165) is 6.29 Å². The standard InChI is InChI=1S/C10H14O2/c1-8-4-5-10(7-11,12-3)6-9(8)2/h4-5,7H,6H2,1-3H3. The van der Waals surface area contributed by atoms with Gasteiger partial charge in [-0.15, -0.1) is 0 Å². The third-order valence-electron chi connectivity index (χ3n) is 2.41. The molecule has 0 spiro atoms. The van der Waals surface area contributed by atoms with Gasteiger partial charge >= 0.3 is 0 Å². The molecule has 0 heterocycles. The highest BCUT2D eigenvalue weighted by molar-refractivity contribution is 5.68. The van der Waals surface area contributed by atoms with Crippen LogP contribution in [0.3, 0.4) is 0 Å². The first-order valence-electron chi connectivity index (χ1n) is 4.00. The molecule has 66 valence electrons. The highest BCUT2D eigenvalue weighted by Crippen LogP contribution is 2.27. The molecule has 0 saturated carbocycles. The van der Waals surface area contributed by atoms with Gasteiger partial charge in [-0.05, 0) is 19.9 Å². The topological polar surface area (TPSA) is 26.3 Å². The van der Waals surface area contributed by atoms with Gasteiger partial charge in [-0.3, -0.25) is 4.79 Å². The van der Waals surface area contributed by atoms with Crippen LogP contribution >= 0.6 is 0 Å². The van der Waals surface area contributed by atoms with Crippen LogP contribution in [0.5, 0.6) is 0 Å². The lowest BCUT2D eigenvalue weighted by Crippen LogP contribution is -2.32. The van der Waals surface area contributed by atoms with Gasteiger partial charge in [0.15, 0.2) is 6.29 Å². The Kier molecular flexibility index (Phi) is 2.48. The van der Waals surface area contributed by atoms with E-state index < -0.39 is 5.60 Å². The summed E-state index contributed by atoms with van der Waals surface area (Å²) in [5, 5.41) is 0. The maximum Gasteiger partial charge on any atom is 0.156 e. The monoisotopic (exact) mass is 166 g/mol. The second-order valence-electron chi connectivity index (χ2n) is 3.25. The van der Waals surface area contributed by atoms with Crippen molar-refractivity contribution in [1.82, 2.24) is 0 Å². The lowest BCUT2D eigenvalue weighted by molar-refractivity contribution is -0.122. The van der Waals surface area contributed by atoms with Gasteiger partial charge in [0, 0.05) is 13.5 Å². The van der Waals surface area contributed by atoms with Crippen molar-refractivity contribution < 1.29 is 9.53 Å². The molecular weight excluding hydrogens is 152 g/mol. The summed E-state index contributed by atoms with van der Waals surface area (Å²) in [7, 11) is 1.56.